The molecular formula is C23H20N2O2. The number of benzene rings is 3. The summed E-state index contributed by atoms with van der Waals surface area (Å²) in [4.78, 5) is 17.3. The Kier molecular flexibility index (Phi) is 4.24. The molecule has 4 rings (SSSR count). The van der Waals surface area contributed by atoms with Crippen molar-refractivity contribution in [1.29, 1.82) is 0 Å². The van der Waals surface area contributed by atoms with Gasteiger partial charge in [-0.25, -0.2) is 4.98 Å². The van der Waals surface area contributed by atoms with E-state index in [1.165, 1.54) is 0 Å². The molecule has 1 heterocycles. The largest absolute Gasteiger partial charge is 0.436 e. The van der Waals surface area contributed by atoms with Gasteiger partial charge in [0.15, 0.2) is 5.58 Å². The topological polar surface area (TPSA) is 55.1 Å². The average Bonchev–Trinajstić information content (AvgIpc) is 3.06. The molecule has 3 aromatic carbocycles. The van der Waals surface area contributed by atoms with Crippen LogP contribution in [-0.4, -0.2) is 10.9 Å². The second kappa shape index (κ2) is 6.72. The maximum absolute atomic E-state index is 12.7. The quantitative estimate of drug-likeness (QED) is 0.514. The normalized spacial score (nSPS) is 10.9. The van der Waals surface area contributed by atoms with Gasteiger partial charge in [-0.15, -0.1) is 0 Å². The number of hydrogen-bond acceptors (Lipinski definition) is 3. The van der Waals surface area contributed by atoms with Crippen molar-refractivity contribution in [3.8, 4) is 11.5 Å². The molecule has 27 heavy (non-hydrogen) atoms. The summed E-state index contributed by atoms with van der Waals surface area (Å²) in [6.45, 7) is 5.94. The molecule has 0 aliphatic carbocycles. The van der Waals surface area contributed by atoms with E-state index in [4.69, 9.17) is 4.42 Å². The number of nitrogens with one attached hydrogen (secondary N) is 1. The van der Waals surface area contributed by atoms with Crippen LogP contribution < -0.4 is 5.32 Å². The molecule has 4 nitrogen and oxygen atoms in total. The molecule has 0 unspecified atom stereocenters. The Morgan fingerprint density at radius 2 is 1.67 bits per heavy atom. The number of hydrogen-bond donors (Lipinski definition) is 1. The third-order valence-electron chi connectivity index (χ3n) is 4.59. The number of nitrogens with zero attached hydrogens (tertiary/aromatic N) is 1. The van der Waals surface area contributed by atoms with Crippen molar-refractivity contribution in [2.45, 2.75) is 20.8 Å². The first-order valence-corrected chi connectivity index (χ1v) is 8.86. The smallest absolute Gasteiger partial charge is 0.255 e. The molecule has 0 radical (unpaired) electrons. The standard InChI is InChI=1S/C23H20N2O2/c1-14-11-15(2)13-17(12-14)22(26)24-19-9-6-7-18(16(19)3)23-25-20-8-4-5-10-21(20)27-23/h4-13H,1-3H3,(H,24,26). The summed E-state index contributed by atoms with van der Waals surface area (Å²) in [7, 11) is 0. The van der Waals surface area contributed by atoms with Crippen LogP contribution in [0.3, 0.4) is 0 Å². The highest BCUT2D eigenvalue weighted by molar-refractivity contribution is 6.05. The van der Waals surface area contributed by atoms with Crippen LogP contribution in [0, 0.1) is 20.8 Å². The predicted molar refractivity (Wildman–Crippen MR) is 108 cm³/mol. The molecule has 0 atom stereocenters. The first kappa shape index (κ1) is 17.0. The van der Waals surface area contributed by atoms with Crippen molar-refractivity contribution in [3.05, 3.63) is 82.9 Å². The molecule has 1 aromatic heterocycles. The molecule has 0 fully saturated rings. The van der Waals surface area contributed by atoms with Crippen LogP contribution in [0.15, 0.2) is 65.1 Å². The van der Waals surface area contributed by atoms with Gasteiger partial charge in [-0.1, -0.05) is 35.4 Å². The van der Waals surface area contributed by atoms with E-state index in [1.54, 1.807) is 0 Å². The Morgan fingerprint density at radius 3 is 2.41 bits per heavy atom. The summed E-state index contributed by atoms with van der Waals surface area (Å²) in [6, 6.07) is 19.2. The minimum atomic E-state index is -0.125. The van der Waals surface area contributed by atoms with Crippen molar-refractivity contribution in [3.63, 3.8) is 0 Å². The summed E-state index contributed by atoms with van der Waals surface area (Å²) in [5.41, 5.74) is 6.88. The van der Waals surface area contributed by atoms with Crippen LogP contribution in [0.2, 0.25) is 0 Å². The van der Waals surface area contributed by atoms with E-state index in [9.17, 15) is 4.79 Å². The van der Waals surface area contributed by atoms with Crippen LogP contribution in [0.1, 0.15) is 27.0 Å². The molecule has 4 aromatic rings. The number of para-hydroxylation sites is 2. The van der Waals surface area contributed by atoms with E-state index in [0.29, 0.717) is 11.5 Å². The second-order valence-corrected chi connectivity index (χ2v) is 6.80. The first-order valence-electron chi connectivity index (χ1n) is 8.86. The highest BCUT2D eigenvalue weighted by Crippen LogP contribution is 2.30. The average molecular weight is 356 g/mol. The lowest BCUT2D eigenvalue weighted by atomic mass is 10.0. The first-order chi connectivity index (χ1) is 13.0. The van der Waals surface area contributed by atoms with Crippen molar-refractivity contribution in [1.82, 2.24) is 4.98 Å². The molecule has 0 bridgehead atoms. The van der Waals surface area contributed by atoms with Crippen molar-refractivity contribution in [2.24, 2.45) is 0 Å². The molecule has 0 aliphatic heterocycles. The summed E-state index contributed by atoms with van der Waals surface area (Å²) in [5, 5.41) is 3.02. The van der Waals surface area contributed by atoms with Gasteiger partial charge in [-0.2, -0.15) is 0 Å². The minimum absolute atomic E-state index is 0.125. The Balaban J connectivity index is 1.68. The Bertz CT molecular complexity index is 1100. The third-order valence-corrected chi connectivity index (χ3v) is 4.59. The number of anilines is 1. The van der Waals surface area contributed by atoms with Gasteiger partial charge < -0.3 is 9.73 Å². The van der Waals surface area contributed by atoms with Crippen molar-refractivity contribution >= 4 is 22.7 Å². The van der Waals surface area contributed by atoms with E-state index in [-0.39, 0.29) is 5.91 Å². The van der Waals surface area contributed by atoms with E-state index in [2.05, 4.69) is 16.4 Å². The lowest BCUT2D eigenvalue weighted by molar-refractivity contribution is 0.102. The minimum Gasteiger partial charge on any atom is -0.436 e. The number of fused-ring (bicyclic) bond motifs is 1. The number of carbonyl (C=O) groups is 1. The van der Waals surface area contributed by atoms with E-state index in [0.717, 1.165) is 39.0 Å². The zero-order valence-corrected chi connectivity index (χ0v) is 15.5. The van der Waals surface area contributed by atoms with E-state index < -0.39 is 0 Å². The Hall–Kier alpha value is -3.40. The van der Waals surface area contributed by atoms with Crippen LogP contribution in [-0.2, 0) is 0 Å². The third kappa shape index (κ3) is 3.34. The van der Waals surface area contributed by atoms with Gasteiger partial charge in [0, 0.05) is 16.8 Å². The fraction of sp³-hybridized carbons (Fsp3) is 0.130. The van der Waals surface area contributed by atoms with Crippen LogP contribution in [0.25, 0.3) is 22.6 Å². The Labute approximate surface area is 157 Å². The van der Waals surface area contributed by atoms with Gasteiger partial charge in [-0.3, -0.25) is 4.79 Å². The number of aryl methyl sites for hydroxylation is 2. The summed E-state index contributed by atoms with van der Waals surface area (Å²) < 4.78 is 5.89. The SMILES string of the molecule is Cc1cc(C)cc(C(=O)Nc2cccc(-c3nc4ccccc4o3)c2C)c1. The fourth-order valence-electron chi connectivity index (χ4n) is 3.29. The summed E-state index contributed by atoms with van der Waals surface area (Å²) in [6.07, 6.45) is 0. The van der Waals surface area contributed by atoms with Gasteiger partial charge in [0.05, 0.1) is 0 Å². The second-order valence-electron chi connectivity index (χ2n) is 6.80. The summed E-state index contributed by atoms with van der Waals surface area (Å²) in [5.74, 6) is 0.427. The molecule has 0 spiro atoms. The van der Waals surface area contributed by atoms with Crippen LogP contribution >= 0.6 is 0 Å². The lowest BCUT2D eigenvalue weighted by Crippen LogP contribution is -2.13. The number of rotatable bonds is 3. The number of aromatic nitrogens is 1. The predicted octanol–water partition coefficient (Wildman–Crippen LogP) is 5.67. The number of oxazole rings is 1. The van der Waals surface area contributed by atoms with Crippen molar-refractivity contribution in [2.75, 3.05) is 5.32 Å². The number of carbonyl (C=O) groups excluding carboxylic acids is 1. The highest BCUT2D eigenvalue weighted by atomic mass is 16.3. The van der Waals surface area contributed by atoms with Gasteiger partial charge in [0.2, 0.25) is 5.89 Å². The fourth-order valence-corrected chi connectivity index (χ4v) is 3.29. The molecule has 1 N–H and O–H groups in total. The number of amides is 1. The molecular weight excluding hydrogens is 336 g/mol. The van der Waals surface area contributed by atoms with Crippen molar-refractivity contribution < 1.29 is 9.21 Å². The zero-order chi connectivity index (χ0) is 19.0. The maximum Gasteiger partial charge on any atom is 0.255 e. The lowest BCUT2D eigenvalue weighted by Gasteiger charge is -2.11. The molecule has 1 amide bonds. The summed E-state index contributed by atoms with van der Waals surface area (Å²) >= 11 is 0. The highest BCUT2D eigenvalue weighted by Gasteiger charge is 2.15. The van der Waals surface area contributed by atoms with Gasteiger partial charge in [-0.05, 0) is 62.7 Å². The van der Waals surface area contributed by atoms with Gasteiger partial charge in [0.1, 0.15) is 5.52 Å². The van der Waals surface area contributed by atoms with Crippen LogP contribution in [0.5, 0.6) is 0 Å². The molecule has 0 saturated heterocycles. The van der Waals surface area contributed by atoms with Gasteiger partial charge >= 0.3 is 0 Å². The zero-order valence-electron chi connectivity index (χ0n) is 15.5. The monoisotopic (exact) mass is 356 g/mol. The van der Waals surface area contributed by atoms with Crippen LogP contribution in [0.4, 0.5) is 5.69 Å². The van der Waals surface area contributed by atoms with E-state index >= 15 is 0 Å². The van der Waals surface area contributed by atoms with Gasteiger partial charge in [0.25, 0.3) is 5.91 Å². The molecule has 0 saturated carbocycles. The molecule has 0 aliphatic rings. The molecule has 134 valence electrons. The van der Waals surface area contributed by atoms with E-state index in [1.807, 2.05) is 75.4 Å². The molecule has 4 heteroatoms. The maximum atomic E-state index is 12.7. The Morgan fingerprint density at radius 1 is 0.926 bits per heavy atom.